The summed E-state index contributed by atoms with van der Waals surface area (Å²) in [7, 11) is 0. The van der Waals surface area contributed by atoms with E-state index in [-0.39, 0.29) is 5.91 Å². The van der Waals surface area contributed by atoms with Crippen LogP contribution >= 0.6 is 15.9 Å². The van der Waals surface area contributed by atoms with Crippen LogP contribution in [-0.2, 0) is 0 Å². The molecule has 1 N–H and O–H groups in total. The molecule has 0 bridgehead atoms. The summed E-state index contributed by atoms with van der Waals surface area (Å²) in [5, 5.41) is 3.22. The van der Waals surface area contributed by atoms with Gasteiger partial charge in [0, 0.05) is 38.8 Å². The van der Waals surface area contributed by atoms with Crippen molar-refractivity contribution in [3.8, 4) is 0 Å². The van der Waals surface area contributed by atoms with Crippen LogP contribution in [0.4, 0.5) is 11.6 Å². The van der Waals surface area contributed by atoms with Gasteiger partial charge < -0.3 is 19.5 Å². The summed E-state index contributed by atoms with van der Waals surface area (Å²) < 4.78 is 5.92. The minimum absolute atomic E-state index is 0.0763. The van der Waals surface area contributed by atoms with Crippen molar-refractivity contribution in [2.75, 3.05) is 42.9 Å². The van der Waals surface area contributed by atoms with Crippen molar-refractivity contribution in [3.05, 3.63) is 34.5 Å². The molecule has 8 heteroatoms. The van der Waals surface area contributed by atoms with Gasteiger partial charge in [-0.3, -0.25) is 4.79 Å². The van der Waals surface area contributed by atoms with E-state index >= 15 is 0 Å². The lowest BCUT2D eigenvalue weighted by Gasteiger charge is -2.35. The fraction of sp³-hybridized carbons (Fsp3) is 0.438. The number of carbonyl (C=O) groups excluding carboxylic acids is 1. The van der Waals surface area contributed by atoms with Gasteiger partial charge in [-0.15, -0.1) is 0 Å². The lowest BCUT2D eigenvalue weighted by Crippen LogP contribution is -2.49. The van der Waals surface area contributed by atoms with Gasteiger partial charge in [0.2, 0.25) is 0 Å². The highest BCUT2D eigenvalue weighted by atomic mass is 79.9. The quantitative estimate of drug-likeness (QED) is 0.859. The van der Waals surface area contributed by atoms with Crippen LogP contribution in [0.15, 0.2) is 27.3 Å². The molecule has 1 aliphatic rings. The average molecular weight is 394 g/mol. The van der Waals surface area contributed by atoms with E-state index in [1.165, 1.54) is 0 Å². The van der Waals surface area contributed by atoms with Crippen molar-refractivity contribution in [3.63, 3.8) is 0 Å². The van der Waals surface area contributed by atoms with Crippen molar-refractivity contribution >= 4 is 33.5 Å². The Morgan fingerprint density at radius 3 is 2.67 bits per heavy atom. The molecule has 0 saturated carbocycles. The largest absolute Gasteiger partial charge is 0.444 e. The molecular weight excluding hydrogens is 374 g/mol. The molecule has 0 unspecified atom stereocenters. The topological polar surface area (TPSA) is 74.5 Å². The molecule has 0 atom stereocenters. The number of aromatic nitrogens is 2. The zero-order valence-corrected chi connectivity index (χ0v) is 15.3. The van der Waals surface area contributed by atoms with Gasteiger partial charge in [0.1, 0.15) is 17.5 Å². The third kappa shape index (κ3) is 3.69. The Bertz CT molecular complexity index is 725. The summed E-state index contributed by atoms with van der Waals surface area (Å²) in [4.78, 5) is 25.3. The van der Waals surface area contributed by atoms with Gasteiger partial charge in [-0.1, -0.05) is 0 Å². The maximum absolute atomic E-state index is 12.4. The first-order valence-electron chi connectivity index (χ1n) is 7.96. The Hall–Kier alpha value is -2.09. The molecule has 2 aromatic rings. The van der Waals surface area contributed by atoms with E-state index in [2.05, 4.69) is 36.1 Å². The summed E-state index contributed by atoms with van der Waals surface area (Å²) in [5.74, 6) is 2.75. The minimum Gasteiger partial charge on any atom is -0.444 e. The van der Waals surface area contributed by atoms with E-state index in [4.69, 9.17) is 4.42 Å². The van der Waals surface area contributed by atoms with Crippen LogP contribution in [0.1, 0.15) is 23.3 Å². The smallest absolute Gasteiger partial charge is 0.289 e. The number of nitrogens with zero attached hydrogens (tertiary/aromatic N) is 4. The number of carbonyl (C=O) groups is 1. The number of aryl methyl sites for hydroxylation is 1. The van der Waals surface area contributed by atoms with Crippen LogP contribution in [0, 0.1) is 6.92 Å². The van der Waals surface area contributed by atoms with Crippen LogP contribution in [0.5, 0.6) is 0 Å². The maximum Gasteiger partial charge on any atom is 0.289 e. The van der Waals surface area contributed by atoms with Crippen molar-refractivity contribution in [1.29, 1.82) is 0 Å². The Kier molecular flexibility index (Phi) is 5.03. The number of furan rings is 1. The molecule has 0 radical (unpaired) electrons. The highest BCUT2D eigenvalue weighted by Gasteiger charge is 2.25. The standard InChI is InChI=1S/C16H20BrN5O2/c1-3-18-14-10-15(20-11(2)19-14)21-6-8-22(9-7-21)16(23)12-4-5-13(17)24-12/h4-5,10H,3,6-9H2,1-2H3,(H,18,19,20). The van der Waals surface area contributed by atoms with Crippen LogP contribution < -0.4 is 10.2 Å². The number of anilines is 2. The van der Waals surface area contributed by atoms with Crippen molar-refractivity contribution < 1.29 is 9.21 Å². The predicted molar refractivity (Wildman–Crippen MR) is 95.5 cm³/mol. The highest BCUT2D eigenvalue weighted by Crippen LogP contribution is 2.20. The van der Waals surface area contributed by atoms with Gasteiger partial charge in [-0.25, -0.2) is 9.97 Å². The first-order chi connectivity index (χ1) is 11.6. The van der Waals surface area contributed by atoms with E-state index in [0.717, 1.165) is 37.1 Å². The SMILES string of the molecule is CCNc1cc(N2CCN(C(=O)c3ccc(Br)o3)CC2)nc(C)n1. The van der Waals surface area contributed by atoms with Crippen molar-refractivity contribution in [2.24, 2.45) is 0 Å². The van der Waals surface area contributed by atoms with Gasteiger partial charge in [0.05, 0.1) is 0 Å². The Morgan fingerprint density at radius 2 is 2.04 bits per heavy atom. The van der Waals surface area contributed by atoms with Crippen LogP contribution in [0.25, 0.3) is 0 Å². The lowest BCUT2D eigenvalue weighted by molar-refractivity contribution is 0.0713. The molecule has 128 valence electrons. The molecule has 2 aromatic heterocycles. The van der Waals surface area contributed by atoms with Crippen molar-refractivity contribution in [2.45, 2.75) is 13.8 Å². The maximum atomic E-state index is 12.4. The molecule has 3 heterocycles. The molecule has 3 rings (SSSR count). The average Bonchev–Trinajstić information content (AvgIpc) is 3.00. The molecule has 0 aromatic carbocycles. The van der Waals surface area contributed by atoms with E-state index in [0.29, 0.717) is 23.5 Å². The minimum atomic E-state index is -0.0763. The molecule has 1 aliphatic heterocycles. The zero-order chi connectivity index (χ0) is 17.1. The van der Waals surface area contributed by atoms with Crippen LogP contribution in [0.3, 0.4) is 0 Å². The monoisotopic (exact) mass is 393 g/mol. The first-order valence-corrected chi connectivity index (χ1v) is 8.75. The second-order valence-electron chi connectivity index (χ2n) is 5.57. The van der Waals surface area contributed by atoms with Gasteiger partial charge in [-0.05, 0) is 41.9 Å². The number of nitrogens with one attached hydrogen (secondary N) is 1. The second kappa shape index (κ2) is 7.21. The Morgan fingerprint density at radius 1 is 1.29 bits per heavy atom. The molecule has 0 aliphatic carbocycles. The number of rotatable bonds is 4. The summed E-state index contributed by atoms with van der Waals surface area (Å²) in [6.45, 7) is 7.48. The van der Waals surface area contributed by atoms with Gasteiger partial charge in [0.25, 0.3) is 5.91 Å². The summed E-state index contributed by atoms with van der Waals surface area (Å²) in [6.07, 6.45) is 0. The molecule has 1 saturated heterocycles. The van der Waals surface area contributed by atoms with Gasteiger partial charge >= 0.3 is 0 Å². The molecule has 1 fully saturated rings. The number of piperazine rings is 1. The Balaban J connectivity index is 1.65. The van der Waals surface area contributed by atoms with Gasteiger partial charge in [0.15, 0.2) is 10.4 Å². The number of hydrogen-bond acceptors (Lipinski definition) is 6. The van der Waals surface area contributed by atoms with Crippen LogP contribution in [0.2, 0.25) is 0 Å². The molecule has 1 amide bonds. The summed E-state index contributed by atoms with van der Waals surface area (Å²) in [6, 6.07) is 5.38. The first kappa shape index (κ1) is 16.8. The second-order valence-corrected chi connectivity index (χ2v) is 6.35. The van der Waals surface area contributed by atoms with Crippen molar-refractivity contribution in [1.82, 2.24) is 14.9 Å². The fourth-order valence-electron chi connectivity index (χ4n) is 2.71. The number of amides is 1. The number of hydrogen-bond donors (Lipinski definition) is 1. The summed E-state index contributed by atoms with van der Waals surface area (Å²) >= 11 is 3.23. The molecule has 7 nitrogen and oxygen atoms in total. The summed E-state index contributed by atoms with van der Waals surface area (Å²) in [5.41, 5.74) is 0. The van der Waals surface area contributed by atoms with E-state index < -0.39 is 0 Å². The third-order valence-electron chi connectivity index (χ3n) is 3.86. The van der Waals surface area contributed by atoms with E-state index in [1.807, 2.05) is 19.9 Å². The van der Waals surface area contributed by atoms with E-state index in [9.17, 15) is 4.79 Å². The zero-order valence-electron chi connectivity index (χ0n) is 13.8. The highest BCUT2D eigenvalue weighted by molar-refractivity contribution is 9.10. The normalized spacial score (nSPS) is 14.8. The van der Waals surface area contributed by atoms with E-state index in [1.54, 1.807) is 17.0 Å². The predicted octanol–water partition coefficient (Wildman–Crippen LogP) is 2.53. The van der Waals surface area contributed by atoms with Gasteiger partial charge in [-0.2, -0.15) is 0 Å². The lowest BCUT2D eigenvalue weighted by atomic mass is 10.2. The van der Waals surface area contributed by atoms with Crippen LogP contribution in [-0.4, -0.2) is 53.5 Å². The molecule has 0 spiro atoms. The number of halogens is 1. The Labute approximate surface area is 149 Å². The third-order valence-corrected chi connectivity index (χ3v) is 4.28. The molecule has 24 heavy (non-hydrogen) atoms. The fourth-order valence-corrected chi connectivity index (χ4v) is 3.02. The molecular formula is C16H20BrN5O2.